The van der Waals surface area contributed by atoms with E-state index >= 15 is 0 Å². The van der Waals surface area contributed by atoms with E-state index in [1.54, 1.807) is 0 Å². The molecule has 0 N–H and O–H groups in total. The second kappa shape index (κ2) is 8.08. The molecule has 0 aromatic carbocycles. The third-order valence-electron chi connectivity index (χ3n) is 8.12. The molecule has 1 aliphatic carbocycles. The SMILES string of the molecule is CC1C(=O)OC2CC3(C)OC3C(O[Si](C)(C)C(C)(C)C)C(N(C)C)C3=CC(OC3=O)C21.Cl. The molecule has 7 nitrogen and oxygen atoms in total. The summed E-state index contributed by atoms with van der Waals surface area (Å²) in [5.41, 5.74) is 0.137. The van der Waals surface area contributed by atoms with Gasteiger partial charge in [0.2, 0.25) is 0 Å². The summed E-state index contributed by atoms with van der Waals surface area (Å²) in [6.45, 7) is 15.0. The number of hydrogen-bond acceptors (Lipinski definition) is 7. The number of carbonyl (C=O) groups is 2. The molecule has 4 aliphatic rings. The van der Waals surface area contributed by atoms with Crippen LogP contribution in [-0.4, -0.2) is 75.3 Å². The van der Waals surface area contributed by atoms with Gasteiger partial charge in [0, 0.05) is 12.3 Å². The Bertz CT molecular complexity index is 824. The first-order valence-electron chi connectivity index (χ1n) is 11.3. The van der Waals surface area contributed by atoms with Gasteiger partial charge >= 0.3 is 11.9 Å². The molecule has 8 atom stereocenters. The van der Waals surface area contributed by atoms with Crippen LogP contribution in [0.5, 0.6) is 0 Å². The minimum atomic E-state index is -2.17. The number of rotatable bonds is 3. The first kappa shape index (κ1) is 25.7. The van der Waals surface area contributed by atoms with Gasteiger partial charge < -0.3 is 18.6 Å². The van der Waals surface area contributed by atoms with Gasteiger partial charge in [0.05, 0.1) is 29.2 Å². The van der Waals surface area contributed by atoms with Crippen molar-refractivity contribution in [3.63, 3.8) is 0 Å². The number of esters is 2. The van der Waals surface area contributed by atoms with E-state index in [-0.39, 0.29) is 65.6 Å². The van der Waals surface area contributed by atoms with E-state index in [4.69, 9.17) is 18.6 Å². The Balaban J connectivity index is 0.00000289. The van der Waals surface area contributed by atoms with Crippen LogP contribution in [0, 0.1) is 11.8 Å². The average molecular weight is 488 g/mol. The van der Waals surface area contributed by atoms with Gasteiger partial charge in [-0.2, -0.15) is 0 Å². The Labute approximate surface area is 198 Å². The number of ether oxygens (including phenoxy) is 3. The third kappa shape index (κ3) is 4.06. The topological polar surface area (TPSA) is 77.6 Å². The highest BCUT2D eigenvalue weighted by molar-refractivity contribution is 6.74. The number of fused-ring (bicyclic) bond motifs is 4. The standard InChI is InChI=1S/C23H37NO6Si.ClH/c1-12-16-14-10-13(21(26)27-14)17(24(6)7)18(30-31(8,9)22(2,3)4)19-23(5,29-19)11-15(16)28-20(12)25;/h10,12,14-19H,11H2,1-9H3;1H. The van der Waals surface area contributed by atoms with E-state index in [0.29, 0.717) is 12.0 Å². The summed E-state index contributed by atoms with van der Waals surface area (Å²) >= 11 is 0. The second-order valence-electron chi connectivity index (χ2n) is 11.6. The predicted octanol–water partition coefficient (Wildman–Crippen LogP) is 3.32. The molecule has 4 rings (SSSR count). The van der Waals surface area contributed by atoms with E-state index in [9.17, 15) is 9.59 Å². The van der Waals surface area contributed by atoms with Gasteiger partial charge in [0.1, 0.15) is 18.3 Å². The van der Waals surface area contributed by atoms with Crippen LogP contribution in [0.4, 0.5) is 0 Å². The lowest BCUT2D eigenvalue weighted by Gasteiger charge is -2.43. The molecule has 0 spiro atoms. The second-order valence-corrected chi connectivity index (χ2v) is 16.4. The van der Waals surface area contributed by atoms with E-state index in [2.05, 4.69) is 40.8 Å². The average Bonchev–Trinajstić information content (AvgIpc) is 3.01. The zero-order chi connectivity index (χ0) is 23.1. The maximum Gasteiger partial charge on any atom is 0.336 e. The number of halogens is 1. The number of hydrogen-bond donors (Lipinski definition) is 0. The highest BCUT2D eigenvalue weighted by Gasteiger charge is 2.65. The Kier molecular flexibility index (Phi) is 6.49. The quantitative estimate of drug-likeness (QED) is 0.343. The molecule has 2 fully saturated rings. The maximum atomic E-state index is 13.1. The Morgan fingerprint density at radius 3 is 2.38 bits per heavy atom. The highest BCUT2D eigenvalue weighted by atomic mass is 35.5. The van der Waals surface area contributed by atoms with Crippen molar-refractivity contribution >= 4 is 32.7 Å². The summed E-state index contributed by atoms with van der Waals surface area (Å²) in [6, 6.07) is -0.289. The Morgan fingerprint density at radius 1 is 1.19 bits per heavy atom. The normalized spacial score (nSPS) is 41.2. The lowest BCUT2D eigenvalue weighted by Crippen LogP contribution is -2.54. The number of likely N-dealkylation sites (N-methyl/N-ethyl adjacent to an activating group) is 1. The molecule has 0 radical (unpaired) electrons. The van der Waals surface area contributed by atoms with Crippen molar-refractivity contribution in [2.75, 3.05) is 14.1 Å². The van der Waals surface area contributed by atoms with Crippen LogP contribution in [-0.2, 0) is 28.2 Å². The number of nitrogens with zero attached hydrogens (tertiary/aromatic N) is 1. The molecule has 0 aromatic heterocycles. The van der Waals surface area contributed by atoms with Crippen LogP contribution in [0.15, 0.2) is 11.6 Å². The summed E-state index contributed by atoms with van der Waals surface area (Å²) in [5, 5.41) is 0.0130. The van der Waals surface area contributed by atoms with Crippen LogP contribution in [0.25, 0.3) is 0 Å². The van der Waals surface area contributed by atoms with Crippen LogP contribution >= 0.6 is 12.4 Å². The molecule has 2 saturated heterocycles. The third-order valence-corrected chi connectivity index (χ3v) is 12.6. The van der Waals surface area contributed by atoms with Gasteiger partial charge in [-0.25, -0.2) is 4.79 Å². The minimum absolute atomic E-state index is 0. The van der Waals surface area contributed by atoms with E-state index in [1.165, 1.54) is 0 Å². The minimum Gasteiger partial charge on any atom is -0.462 e. The Morgan fingerprint density at radius 2 is 1.81 bits per heavy atom. The fourth-order valence-corrected chi connectivity index (χ4v) is 6.45. The zero-order valence-corrected chi connectivity index (χ0v) is 22.4. The van der Waals surface area contributed by atoms with Gasteiger partial charge in [-0.1, -0.05) is 27.7 Å². The molecule has 32 heavy (non-hydrogen) atoms. The molecule has 0 saturated carbocycles. The molecule has 2 bridgehead atoms. The summed E-state index contributed by atoms with van der Waals surface area (Å²) in [5.74, 6) is -1.08. The van der Waals surface area contributed by atoms with Crippen LogP contribution in [0.1, 0.15) is 41.0 Å². The van der Waals surface area contributed by atoms with Crippen molar-refractivity contribution in [1.29, 1.82) is 0 Å². The summed E-state index contributed by atoms with van der Waals surface area (Å²) in [6.07, 6.45) is 1.18. The van der Waals surface area contributed by atoms with Gasteiger partial charge in [-0.05, 0) is 45.2 Å². The molecule has 3 aliphatic heterocycles. The molecule has 3 heterocycles. The Hall–Kier alpha value is -0.933. The number of epoxide rings is 1. The lowest BCUT2D eigenvalue weighted by molar-refractivity contribution is -0.144. The number of carbonyl (C=O) groups excluding carboxylic acids is 2. The molecule has 9 heteroatoms. The molecule has 182 valence electrons. The molecule has 0 amide bonds. The van der Waals surface area contributed by atoms with Gasteiger partial charge in [0.25, 0.3) is 0 Å². The summed E-state index contributed by atoms with van der Waals surface area (Å²) < 4.78 is 24.8. The largest absolute Gasteiger partial charge is 0.462 e. The van der Waals surface area contributed by atoms with Crippen molar-refractivity contribution in [1.82, 2.24) is 4.90 Å². The van der Waals surface area contributed by atoms with Gasteiger partial charge in [-0.3, -0.25) is 9.69 Å². The molecular formula is C23H38ClNO6Si. The maximum absolute atomic E-state index is 13.1. The van der Waals surface area contributed by atoms with Crippen molar-refractivity contribution < 1.29 is 28.2 Å². The smallest absolute Gasteiger partial charge is 0.336 e. The molecular weight excluding hydrogens is 450 g/mol. The van der Waals surface area contributed by atoms with E-state index in [1.807, 2.05) is 32.0 Å². The predicted molar refractivity (Wildman–Crippen MR) is 125 cm³/mol. The molecule has 8 unspecified atom stereocenters. The van der Waals surface area contributed by atoms with Crippen LogP contribution in [0.2, 0.25) is 18.1 Å². The summed E-state index contributed by atoms with van der Waals surface area (Å²) in [7, 11) is 1.76. The highest BCUT2D eigenvalue weighted by Crippen LogP contribution is 2.52. The molecule has 0 aromatic rings. The van der Waals surface area contributed by atoms with E-state index in [0.717, 1.165) is 0 Å². The fraction of sp³-hybridized carbons (Fsp3) is 0.826. The van der Waals surface area contributed by atoms with Crippen LogP contribution < -0.4 is 0 Å². The van der Waals surface area contributed by atoms with Crippen molar-refractivity contribution in [3.05, 3.63) is 11.6 Å². The fourth-order valence-electron chi connectivity index (χ4n) is 5.16. The summed E-state index contributed by atoms with van der Waals surface area (Å²) in [4.78, 5) is 27.5. The van der Waals surface area contributed by atoms with Gasteiger partial charge in [0.15, 0.2) is 8.32 Å². The first-order chi connectivity index (χ1) is 14.2. The van der Waals surface area contributed by atoms with Crippen molar-refractivity contribution in [2.45, 2.75) is 95.2 Å². The first-order valence-corrected chi connectivity index (χ1v) is 14.2. The zero-order valence-electron chi connectivity index (χ0n) is 20.6. The van der Waals surface area contributed by atoms with Crippen molar-refractivity contribution in [3.8, 4) is 0 Å². The monoisotopic (exact) mass is 487 g/mol. The lowest BCUT2D eigenvalue weighted by atomic mass is 9.80. The van der Waals surface area contributed by atoms with E-state index < -0.39 is 20.0 Å². The van der Waals surface area contributed by atoms with Crippen LogP contribution in [0.3, 0.4) is 0 Å². The van der Waals surface area contributed by atoms with Crippen molar-refractivity contribution in [2.24, 2.45) is 11.8 Å². The van der Waals surface area contributed by atoms with Gasteiger partial charge in [-0.15, -0.1) is 12.4 Å².